The fraction of sp³-hybridized carbons (Fsp3) is 0.923. The van der Waals surface area contributed by atoms with Crippen LogP contribution in [0, 0.1) is 0 Å². The van der Waals surface area contributed by atoms with Gasteiger partial charge in [0.1, 0.15) is 24.4 Å². The Morgan fingerprint density at radius 1 is 0.400 bits per heavy atom. The summed E-state index contributed by atoms with van der Waals surface area (Å²) in [5, 5.41) is 43.0. The molecule has 4 fully saturated rings. The van der Waals surface area contributed by atoms with Crippen molar-refractivity contribution in [3.05, 3.63) is 20.9 Å². The van der Waals surface area contributed by atoms with Crippen LogP contribution >= 0.6 is 54.0 Å². The first-order valence-corrected chi connectivity index (χ1v) is 27.3. The van der Waals surface area contributed by atoms with Crippen LogP contribution in [-0.2, 0) is 128 Å². The van der Waals surface area contributed by atoms with Crippen molar-refractivity contribution in [2.24, 2.45) is 21.7 Å². The van der Waals surface area contributed by atoms with Gasteiger partial charge in [-0.2, -0.15) is 54.0 Å². The summed E-state index contributed by atoms with van der Waals surface area (Å²) >= 11 is 0. The third kappa shape index (κ3) is 27.1. The minimum atomic E-state index is -1.90. The smallest absolute Gasteiger partial charge is 0.338 e. The first kappa shape index (κ1) is 103. The highest BCUT2D eigenvalue weighted by molar-refractivity contribution is 7.59. The van der Waals surface area contributed by atoms with E-state index in [0.717, 1.165) is 14.2 Å². The summed E-state index contributed by atoms with van der Waals surface area (Å²) in [5.41, 5.74) is 28.1. The number of carbonyl (C=O) groups excluding carboxylic acids is 4. The zero-order chi connectivity index (χ0) is 71.0. The normalized spacial score (nSPS) is 33.2. The highest BCUT2D eigenvalue weighted by Crippen LogP contribution is 2.43. The summed E-state index contributed by atoms with van der Waals surface area (Å²) in [6.45, 7) is 12.9. The Balaban J connectivity index is -0.000000253. The Morgan fingerprint density at radius 2 is 0.611 bits per heavy atom. The zero-order valence-electron chi connectivity index (χ0n) is 58.2. The van der Waals surface area contributed by atoms with Crippen molar-refractivity contribution in [2.75, 3.05) is 146 Å². The molecule has 0 aliphatic carbocycles. The Bertz CT molecular complexity index is 2070. The number of hydrogen-bond acceptors (Lipinski definition) is 35. The molecule has 0 aromatic heterocycles. The first-order chi connectivity index (χ1) is 42.5. The average molecular weight is 1470 g/mol. The Kier molecular flexibility index (Phi) is 52.7. The van der Waals surface area contributed by atoms with Gasteiger partial charge in [-0.05, 0) is 66.5 Å². The quantitative estimate of drug-likeness (QED) is 0.0178. The molecule has 0 aromatic carbocycles. The van der Waals surface area contributed by atoms with Crippen LogP contribution in [0.25, 0.3) is 20.9 Å². The first-order valence-electron chi connectivity index (χ1n) is 27.3. The van der Waals surface area contributed by atoms with E-state index in [9.17, 15) is 19.2 Å². The number of carbonyl (C=O) groups is 4. The van der Waals surface area contributed by atoms with Gasteiger partial charge in [0.05, 0.1) is 67.0 Å². The molecule has 4 heterocycles. The number of aliphatic hydroxyl groups excluding tert-OH is 4. The molecule has 0 unspecified atom stereocenters. The lowest BCUT2D eigenvalue weighted by Crippen LogP contribution is -2.68. The molecule has 4 rings (SSSR count). The Morgan fingerprint density at radius 3 is 0.768 bits per heavy atom. The van der Waals surface area contributed by atoms with Crippen molar-refractivity contribution in [3.63, 3.8) is 0 Å². The molecule has 0 radical (unpaired) electrons. The van der Waals surface area contributed by atoms with Gasteiger partial charge in [-0.25, -0.2) is 19.2 Å². The van der Waals surface area contributed by atoms with E-state index < -0.39 is 125 Å². The number of aliphatic hydroxyl groups is 4. The van der Waals surface area contributed by atoms with Crippen LogP contribution in [0.15, 0.2) is 10.2 Å². The summed E-state index contributed by atoms with van der Waals surface area (Å²) in [4.78, 5) is 50.0. The third-order valence-corrected chi connectivity index (χ3v) is 15.0. The van der Waals surface area contributed by atoms with Gasteiger partial charge in [0.2, 0.25) is 46.3 Å². The maximum atomic E-state index is 11.8. The summed E-state index contributed by atoms with van der Waals surface area (Å²) in [7, 11) is 20.6. The molecule has 0 spiro atoms. The molecule has 0 bridgehead atoms. The fourth-order valence-electron chi connectivity index (χ4n) is 8.14. The summed E-state index contributed by atoms with van der Waals surface area (Å²) in [5.74, 6) is -13.2. The molecule has 8 N–H and O–H groups in total. The van der Waals surface area contributed by atoms with Crippen LogP contribution in [0.5, 0.6) is 0 Å². The number of esters is 4. The predicted molar refractivity (Wildman–Crippen MR) is 349 cm³/mol. The molecular weight excluding hydrogens is 1360 g/mol. The van der Waals surface area contributed by atoms with Crippen molar-refractivity contribution in [2.45, 2.75) is 169 Å². The summed E-state index contributed by atoms with van der Waals surface area (Å²) in [6, 6.07) is 0. The monoisotopic (exact) mass is 1470 g/mol. The van der Waals surface area contributed by atoms with Gasteiger partial charge in [-0.3, -0.25) is 0 Å². The van der Waals surface area contributed by atoms with Gasteiger partial charge in [0.15, 0.2) is 24.4 Å². The number of nitrogens with two attached hydrogens (primary N) is 2. The lowest BCUT2D eigenvalue weighted by Gasteiger charge is -2.51. The topological polar surface area (TPSA) is 511 Å². The van der Waals surface area contributed by atoms with Gasteiger partial charge >= 0.3 is 23.9 Å². The van der Waals surface area contributed by atoms with Crippen LogP contribution in [0.1, 0.15) is 55.4 Å². The SMILES string of the molecule is COC(=O)[C@@H]1O[C@@](C)(OC)[C@](C)(OC)O[C@H]1C(=O)OC.COC(=O)[C@H](O)[C@@H](O)C(=O)OC.COC(OC)OC.CO[C@]1(C)O[C@@H](CN)[C@H](CN)O[C@@]1(C)OC.CO[C@]1(C)O[C@@H](CN=[N+]=[N-])[C@H](CN=[N+]=[N-])O[C@@]1(C)OC.CO[C@]1(C)O[C@@H](CO)[C@H](CO)O[C@@]1(C)OC.S.S.S.S. The molecule has 4 aliphatic rings. The van der Waals surface area contributed by atoms with Crippen molar-refractivity contribution in [1.82, 2.24) is 0 Å². The summed E-state index contributed by atoms with van der Waals surface area (Å²) < 4.78 is 119. The van der Waals surface area contributed by atoms with Crippen molar-refractivity contribution in [3.8, 4) is 0 Å². The molecule has 0 saturated carbocycles. The van der Waals surface area contributed by atoms with E-state index in [1.54, 1.807) is 41.5 Å². The standard InChI is InChI=1S/C12H20O8.C10H18N6O4.C10H22N2O4.C10H20O6.C6H10O6.C4H10O3.4H2S/c1-11(17-5)12(2,18-6)20-8(10(14)16-4)7(19-11)9(13)15-3;1-9(17-3)10(2,18-4)20-8(6-14-16-12)7(19-9)5-13-15-11;2*1-9(13-3)10(2,14-4)16-8(6-12)7(5-11)15-9;1-11-5(9)3(7)4(8)6(10)12-2;1-5-4(6-2)7-3;;;;/h7-8H,1-6H3;7-8H,5-6H2,1-4H3;7-8H,5-6,11-12H2,1-4H3;7-8,11-12H,5-6H2,1-4H3;3-4,7-8H,1-2H3;4H,1-3H3;4*1H2/t7-,8-,11-,12-;3*7-,8-,9+,10+;3-,4-;;;;;/m10001...../s1. The molecule has 566 valence electrons. The van der Waals surface area contributed by atoms with E-state index >= 15 is 0 Å². The van der Waals surface area contributed by atoms with Crippen molar-refractivity contribution >= 4 is 77.9 Å². The molecular formula is C52H108N8O31S4. The number of nitrogens with zero attached hydrogens (tertiary/aromatic N) is 6. The van der Waals surface area contributed by atoms with E-state index in [4.69, 9.17) is 119 Å². The second-order valence-electron chi connectivity index (χ2n) is 19.9. The average Bonchev–Trinajstić information content (AvgIpc) is 0.781. The zero-order valence-corrected chi connectivity index (χ0v) is 62.2. The molecule has 95 heavy (non-hydrogen) atoms. The van der Waals surface area contributed by atoms with Gasteiger partial charge in [0.25, 0.3) is 6.48 Å². The van der Waals surface area contributed by atoms with E-state index in [0.29, 0.717) is 13.1 Å². The highest BCUT2D eigenvalue weighted by atomic mass is 32.1. The molecule has 4 aliphatic heterocycles. The number of hydrogen-bond donors (Lipinski definition) is 6. The molecule has 43 heteroatoms. The van der Waals surface area contributed by atoms with E-state index in [1.165, 1.54) is 106 Å². The lowest BCUT2D eigenvalue weighted by molar-refractivity contribution is -0.451. The maximum Gasteiger partial charge on any atom is 0.338 e. The number of ether oxygens (including phenoxy) is 23. The molecule has 0 amide bonds. The molecule has 18 atom stereocenters. The van der Waals surface area contributed by atoms with E-state index in [-0.39, 0.29) is 92.5 Å². The van der Waals surface area contributed by atoms with E-state index in [2.05, 4.69) is 53.2 Å². The van der Waals surface area contributed by atoms with Crippen LogP contribution in [-0.4, -0.2) is 304 Å². The Hall–Kier alpha value is -3.10. The number of azide groups is 2. The minimum Gasteiger partial charge on any atom is -0.467 e. The Labute approximate surface area is 582 Å². The van der Waals surface area contributed by atoms with Crippen LogP contribution in [0.2, 0.25) is 0 Å². The van der Waals surface area contributed by atoms with Crippen LogP contribution in [0.4, 0.5) is 0 Å². The van der Waals surface area contributed by atoms with Crippen LogP contribution in [0.3, 0.4) is 0 Å². The van der Waals surface area contributed by atoms with Gasteiger partial charge in [0, 0.05) is 101 Å². The highest BCUT2D eigenvalue weighted by Gasteiger charge is 2.62. The summed E-state index contributed by atoms with van der Waals surface area (Å²) in [6.07, 6.45) is -9.52. The van der Waals surface area contributed by atoms with Crippen LogP contribution < -0.4 is 11.5 Å². The van der Waals surface area contributed by atoms with Gasteiger partial charge in [-0.15, -0.1) is 0 Å². The number of rotatable bonds is 24. The minimum absolute atomic E-state index is 0. The third-order valence-electron chi connectivity index (χ3n) is 15.0. The largest absolute Gasteiger partial charge is 0.467 e. The lowest BCUT2D eigenvalue weighted by atomic mass is 10.0. The van der Waals surface area contributed by atoms with Crippen molar-refractivity contribution < 1.29 is 149 Å². The number of methoxy groups -OCH3 is 15. The van der Waals surface area contributed by atoms with E-state index in [1.807, 2.05) is 0 Å². The molecule has 0 aromatic rings. The maximum absolute atomic E-state index is 11.8. The second kappa shape index (κ2) is 48.6. The second-order valence-corrected chi connectivity index (χ2v) is 19.9. The predicted octanol–water partition coefficient (Wildman–Crippen LogP) is -0.434. The molecule has 4 saturated heterocycles. The molecule has 39 nitrogen and oxygen atoms in total. The van der Waals surface area contributed by atoms with Crippen molar-refractivity contribution in [1.29, 1.82) is 0 Å². The van der Waals surface area contributed by atoms with Gasteiger partial charge in [-0.1, -0.05) is 10.2 Å². The fourth-order valence-corrected chi connectivity index (χ4v) is 8.14. The van der Waals surface area contributed by atoms with Gasteiger partial charge < -0.3 is 141 Å².